The van der Waals surface area contributed by atoms with Gasteiger partial charge in [-0.05, 0) is 122 Å². The second-order valence-corrected chi connectivity index (χ2v) is 20.2. The molecule has 0 N–H and O–H groups in total. The monoisotopic (exact) mass is 1040 g/mol. The van der Waals surface area contributed by atoms with Gasteiger partial charge in [0.05, 0.1) is 0 Å². The first kappa shape index (κ1) is 70.8. The third kappa shape index (κ3) is 60.6. The molecular weight excluding hydrogens is 925 g/mol. The van der Waals surface area contributed by atoms with Crippen molar-refractivity contribution in [3.8, 4) is 0 Å². The van der Waals surface area contributed by atoms with Crippen molar-refractivity contribution in [2.45, 2.75) is 284 Å². The van der Waals surface area contributed by atoms with Gasteiger partial charge >= 0.3 is 17.9 Å². The zero-order valence-electron chi connectivity index (χ0n) is 48.8. The van der Waals surface area contributed by atoms with Crippen LogP contribution in [0.15, 0.2) is 122 Å². The molecular formula is C69H114O6. The molecule has 0 aliphatic carbocycles. The van der Waals surface area contributed by atoms with Crippen LogP contribution in [0.5, 0.6) is 0 Å². The largest absolute Gasteiger partial charge is 0.462 e. The van der Waals surface area contributed by atoms with Gasteiger partial charge in [-0.1, -0.05) is 258 Å². The molecule has 0 aromatic rings. The summed E-state index contributed by atoms with van der Waals surface area (Å²) in [6, 6.07) is 0. The van der Waals surface area contributed by atoms with Crippen LogP contribution in [0.4, 0.5) is 0 Å². The average Bonchev–Trinajstić information content (AvgIpc) is 3.41. The number of rotatable bonds is 55. The van der Waals surface area contributed by atoms with Gasteiger partial charge in [0.1, 0.15) is 13.2 Å². The molecule has 0 fully saturated rings. The lowest BCUT2D eigenvalue weighted by molar-refractivity contribution is -0.167. The van der Waals surface area contributed by atoms with Crippen molar-refractivity contribution in [2.75, 3.05) is 13.2 Å². The Labute approximate surface area is 462 Å². The van der Waals surface area contributed by atoms with E-state index in [9.17, 15) is 14.4 Å². The Hall–Kier alpha value is -4.19. The smallest absolute Gasteiger partial charge is 0.306 e. The van der Waals surface area contributed by atoms with Crippen LogP contribution in [0.1, 0.15) is 278 Å². The highest BCUT2D eigenvalue weighted by molar-refractivity contribution is 5.71. The van der Waals surface area contributed by atoms with Crippen molar-refractivity contribution in [2.24, 2.45) is 0 Å². The number of hydrogen-bond acceptors (Lipinski definition) is 6. The molecule has 75 heavy (non-hydrogen) atoms. The zero-order chi connectivity index (χ0) is 54.3. The Kier molecular flexibility index (Phi) is 58.9. The van der Waals surface area contributed by atoms with Crippen LogP contribution in [0, 0.1) is 0 Å². The molecule has 426 valence electrons. The van der Waals surface area contributed by atoms with Gasteiger partial charge in [-0.25, -0.2) is 0 Å². The molecule has 0 aromatic carbocycles. The molecule has 1 atom stereocenters. The zero-order valence-corrected chi connectivity index (χ0v) is 48.8. The van der Waals surface area contributed by atoms with E-state index in [2.05, 4.69) is 142 Å². The molecule has 0 aliphatic heterocycles. The second kappa shape index (κ2) is 62.4. The second-order valence-electron chi connectivity index (χ2n) is 20.2. The van der Waals surface area contributed by atoms with Crippen LogP contribution in [-0.2, 0) is 28.6 Å². The maximum atomic E-state index is 12.9. The Morgan fingerprint density at radius 2 is 0.560 bits per heavy atom. The minimum Gasteiger partial charge on any atom is -0.462 e. The SMILES string of the molecule is CC/C=C\C/C=C\C/C=C\C/C=C\C/C=C\CCCCCC(=O)OCC(COC(=O)CCCCCCCCCCCC/C=C\C=C/CCCCC)OC(=O)CCCCCCCCCCC/C=C\C/C=C\C/C=C\CC. The molecule has 0 saturated heterocycles. The van der Waals surface area contributed by atoms with E-state index < -0.39 is 6.10 Å². The van der Waals surface area contributed by atoms with Gasteiger partial charge in [0, 0.05) is 19.3 Å². The molecule has 0 aromatic heterocycles. The molecule has 1 unspecified atom stereocenters. The molecule has 6 heteroatoms. The van der Waals surface area contributed by atoms with E-state index >= 15 is 0 Å². The summed E-state index contributed by atoms with van der Waals surface area (Å²) in [6.45, 7) is 6.37. The lowest BCUT2D eigenvalue weighted by atomic mass is 10.1. The van der Waals surface area contributed by atoms with E-state index in [0.29, 0.717) is 19.3 Å². The van der Waals surface area contributed by atoms with Crippen molar-refractivity contribution >= 4 is 17.9 Å². The van der Waals surface area contributed by atoms with E-state index in [4.69, 9.17) is 14.2 Å². The summed E-state index contributed by atoms with van der Waals surface area (Å²) in [5, 5.41) is 0. The lowest BCUT2D eigenvalue weighted by Gasteiger charge is -2.18. The molecule has 0 radical (unpaired) electrons. The van der Waals surface area contributed by atoms with Crippen molar-refractivity contribution in [1.82, 2.24) is 0 Å². The summed E-state index contributed by atoms with van der Waals surface area (Å²) in [7, 11) is 0. The molecule has 0 bridgehead atoms. The summed E-state index contributed by atoms with van der Waals surface area (Å²) >= 11 is 0. The first-order valence-corrected chi connectivity index (χ1v) is 31.1. The third-order valence-corrected chi connectivity index (χ3v) is 13.0. The van der Waals surface area contributed by atoms with Gasteiger partial charge in [-0.3, -0.25) is 14.4 Å². The Balaban J connectivity index is 4.47. The maximum absolute atomic E-state index is 12.9. The molecule has 0 saturated carbocycles. The maximum Gasteiger partial charge on any atom is 0.306 e. The van der Waals surface area contributed by atoms with E-state index in [1.54, 1.807) is 0 Å². The van der Waals surface area contributed by atoms with Gasteiger partial charge in [0.2, 0.25) is 0 Å². The Morgan fingerprint density at radius 1 is 0.293 bits per heavy atom. The first-order valence-electron chi connectivity index (χ1n) is 31.1. The Bertz CT molecular complexity index is 1570. The van der Waals surface area contributed by atoms with Crippen LogP contribution in [0.25, 0.3) is 0 Å². The van der Waals surface area contributed by atoms with E-state index in [1.165, 1.54) is 116 Å². The van der Waals surface area contributed by atoms with E-state index in [-0.39, 0.29) is 31.1 Å². The van der Waals surface area contributed by atoms with Gasteiger partial charge in [-0.15, -0.1) is 0 Å². The van der Waals surface area contributed by atoms with Gasteiger partial charge in [0.25, 0.3) is 0 Å². The molecule has 0 spiro atoms. The van der Waals surface area contributed by atoms with Crippen LogP contribution in [0.3, 0.4) is 0 Å². The molecule has 0 rings (SSSR count). The average molecular weight is 1040 g/mol. The Morgan fingerprint density at radius 3 is 0.907 bits per heavy atom. The molecule has 0 amide bonds. The fraction of sp³-hybridized carbons (Fsp3) is 0.667. The third-order valence-electron chi connectivity index (χ3n) is 13.0. The highest BCUT2D eigenvalue weighted by Crippen LogP contribution is 2.15. The standard InChI is InChI=1S/C69H114O6/c1-4-7-10-13-16-19-22-25-28-31-34-37-40-43-46-49-52-55-58-61-67(70)73-64-66(75-69(72)63-60-57-54-51-48-45-42-39-36-33-30-27-24-21-18-15-12-9-6-3)65-74-68(71)62-59-56-53-50-47-44-41-38-35-32-29-26-23-20-17-14-11-8-5-2/h7,9-10,12,16-21,23,25-28,30,34,37,43,46,66H,4-6,8,11,13-15,22,24,29,31-33,35-36,38-42,44-45,47-65H2,1-3H3/b10-7-,12-9-,19-16-,20-17-,21-18-,26-23-,28-25-,30-27-,37-34-,46-43-. The highest BCUT2D eigenvalue weighted by Gasteiger charge is 2.19. The van der Waals surface area contributed by atoms with Gasteiger partial charge < -0.3 is 14.2 Å². The summed E-state index contributed by atoms with van der Waals surface area (Å²) in [4.78, 5) is 38.3. The quantitative estimate of drug-likeness (QED) is 0.0199. The minimum absolute atomic E-state index is 0.0948. The number of carbonyl (C=O) groups is 3. The first-order chi connectivity index (χ1) is 37.0. The van der Waals surface area contributed by atoms with Crippen LogP contribution < -0.4 is 0 Å². The van der Waals surface area contributed by atoms with Crippen molar-refractivity contribution in [1.29, 1.82) is 0 Å². The van der Waals surface area contributed by atoms with Gasteiger partial charge in [-0.2, -0.15) is 0 Å². The van der Waals surface area contributed by atoms with Crippen LogP contribution in [-0.4, -0.2) is 37.2 Å². The molecule has 0 heterocycles. The summed E-state index contributed by atoms with van der Waals surface area (Å²) in [5.41, 5.74) is 0. The lowest BCUT2D eigenvalue weighted by Crippen LogP contribution is -2.30. The number of allylic oxidation sites excluding steroid dienone is 20. The molecule has 0 aliphatic rings. The predicted octanol–water partition coefficient (Wildman–Crippen LogP) is 21.2. The predicted molar refractivity (Wildman–Crippen MR) is 325 cm³/mol. The minimum atomic E-state index is -0.801. The van der Waals surface area contributed by atoms with E-state index in [1.807, 2.05) is 0 Å². The fourth-order valence-corrected chi connectivity index (χ4v) is 8.36. The summed E-state index contributed by atoms with van der Waals surface area (Å²) < 4.78 is 16.9. The summed E-state index contributed by atoms with van der Waals surface area (Å²) in [5.74, 6) is -0.933. The van der Waals surface area contributed by atoms with Gasteiger partial charge in [0.15, 0.2) is 6.10 Å². The highest BCUT2D eigenvalue weighted by atomic mass is 16.6. The van der Waals surface area contributed by atoms with Crippen LogP contribution >= 0.6 is 0 Å². The molecule has 6 nitrogen and oxygen atoms in total. The number of carbonyl (C=O) groups excluding carboxylic acids is 3. The van der Waals surface area contributed by atoms with Crippen molar-refractivity contribution in [3.63, 3.8) is 0 Å². The topological polar surface area (TPSA) is 78.9 Å². The van der Waals surface area contributed by atoms with E-state index in [0.717, 1.165) is 122 Å². The van der Waals surface area contributed by atoms with Crippen molar-refractivity contribution in [3.05, 3.63) is 122 Å². The number of unbranched alkanes of at least 4 members (excludes halogenated alkanes) is 25. The van der Waals surface area contributed by atoms with Crippen LogP contribution in [0.2, 0.25) is 0 Å². The number of hydrogen-bond donors (Lipinski definition) is 0. The number of ether oxygens (including phenoxy) is 3. The fourth-order valence-electron chi connectivity index (χ4n) is 8.36. The normalized spacial score (nSPS) is 12.9. The summed E-state index contributed by atoms with van der Waals surface area (Å²) in [6.07, 6.45) is 86.2. The number of esters is 3. The van der Waals surface area contributed by atoms with Crippen molar-refractivity contribution < 1.29 is 28.6 Å².